The van der Waals surface area contributed by atoms with E-state index in [-0.39, 0.29) is 16.9 Å². The van der Waals surface area contributed by atoms with E-state index in [1.807, 2.05) is 0 Å². The molecule has 166 valence electrons. The van der Waals surface area contributed by atoms with Crippen molar-refractivity contribution in [3.05, 3.63) is 70.8 Å². The maximum absolute atomic E-state index is 12.0. The van der Waals surface area contributed by atoms with Crippen LogP contribution >= 0.6 is 0 Å². The van der Waals surface area contributed by atoms with Crippen molar-refractivity contribution in [1.82, 2.24) is 0 Å². The number of carboxylic acid groups (broad SMARTS) is 2. The highest BCUT2D eigenvalue weighted by Gasteiger charge is 2.34. The third-order valence-corrected chi connectivity index (χ3v) is 4.97. The Balaban J connectivity index is 2.28. The fraction of sp³-hybridized carbons (Fsp3) is 0.0909. The van der Waals surface area contributed by atoms with Crippen LogP contribution in [0.2, 0.25) is 0 Å². The summed E-state index contributed by atoms with van der Waals surface area (Å²) >= 11 is 0. The lowest BCUT2D eigenvalue weighted by atomic mass is 9.84. The lowest BCUT2D eigenvalue weighted by Crippen LogP contribution is -2.17. The van der Waals surface area contributed by atoms with Crippen LogP contribution in [0.1, 0.15) is 34.1 Å². The molecule has 3 aromatic carbocycles. The predicted octanol–water partition coefficient (Wildman–Crippen LogP) is 2.35. The smallest absolute Gasteiger partial charge is 0.315 e. The van der Waals surface area contributed by atoms with E-state index in [2.05, 4.69) is 0 Å². The van der Waals surface area contributed by atoms with Crippen molar-refractivity contribution in [3.63, 3.8) is 0 Å². The standard InChI is InChI=1S/C22H18O10/c23-9-4-5-10(15(26)6-9)18(21(29)30)11-7-12(17(28)8-16(11)27)19(22(31)32)20-13(24)2-1-3-14(20)25/h1-8,18-19,23-28H,(H,29,30)(H,31,32). The van der Waals surface area contributed by atoms with Crippen LogP contribution in [0.15, 0.2) is 48.5 Å². The van der Waals surface area contributed by atoms with E-state index < -0.39 is 63.6 Å². The second-order valence-corrected chi connectivity index (χ2v) is 6.97. The molecule has 0 aromatic heterocycles. The van der Waals surface area contributed by atoms with Gasteiger partial charge < -0.3 is 40.9 Å². The van der Waals surface area contributed by atoms with Crippen LogP contribution in [0.25, 0.3) is 0 Å². The van der Waals surface area contributed by atoms with Gasteiger partial charge in [0.05, 0.1) is 5.56 Å². The fourth-order valence-corrected chi connectivity index (χ4v) is 3.53. The van der Waals surface area contributed by atoms with Crippen LogP contribution < -0.4 is 0 Å². The van der Waals surface area contributed by atoms with Crippen LogP contribution in [-0.4, -0.2) is 52.8 Å². The predicted molar refractivity (Wildman–Crippen MR) is 108 cm³/mol. The number of hydrogen-bond acceptors (Lipinski definition) is 8. The van der Waals surface area contributed by atoms with Crippen molar-refractivity contribution in [2.45, 2.75) is 11.8 Å². The minimum atomic E-state index is -1.83. The summed E-state index contributed by atoms with van der Waals surface area (Å²) in [5.74, 6) is -10.2. The number of phenols is 6. The molecule has 0 amide bonds. The molecule has 0 aliphatic heterocycles. The van der Waals surface area contributed by atoms with Gasteiger partial charge in [0.1, 0.15) is 46.3 Å². The molecule has 0 aliphatic rings. The Hall–Kier alpha value is -4.60. The molecule has 0 radical (unpaired) electrons. The Labute approximate surface area is 180 Å². The molecular weight excluding hydrogens is 424 g/mol. The first-order valence-corrected chi connectivity index (χ1v) is 9.07. The number of rotatable bonds is 6. The zero-order valence-corrected chi connectivity index (χ0v) is 16.2. The van der Waals surface area contributed by atoms with Crippen LogP contribution in [0.5, 0.6) is 34.5 Å². The molecule has 0 spiro atoms. The highest BCUT2D eigenvalue weighted by atomic mass is 16.4. The lowest BCUT2D eigenvalue weighted by Gasteiger charge is -2.21. The highest BCUT2D eigenvalue weighted by molar-refractivity contribution is 5.86. The van der Waals surface area contributed by atoms with Crippen LogP contribution in [0.4, 0.5) is 0 Å². The van der Waals surface area contributed by atoms with E-state index in [1.54, 1.807) is 0 Å². The second-order valence-electron chi connectivity index (χ2n) is 6.97. The number of aromatic hydroxyl groups is 6. The van der Waals surface area contributed by atoms with Crippen molar-refractivity contribution in [1.29, 1.82) is 0 Å². The summed E-state index contributed by atoms with van der Waals surface area (Å²) in [6.45, 7) is 0. The molecule has 3 rings (SSSR count). The Morgan fingerprint density at radius 3 is 1.56 bits per heavy atom. The van der Waals surface area contributed by atoms with E-state index in [0.717, 1.165) is 42.5 Å². The van der Waals surface area contributed by atoms with Gasteiger partial charge in [-0.3, -0.25) is 9.59 Å². The van der Waals surface area contributed by atoms with Gasteiger partial charge >= 0.3 is 11.9 Å². The zero-order valence-electron chi connectivity index (χ0n) is 16.2. The first-order valence-electron chi connectivity index (χ1n) is 9.07. The van der Waals surface area contributed by atoms with E-state index in [1.165, 1.54) is 6.07 Å². The largest absolute Gasteiger partial charge is 0.508 e. The third-order valence-electron chi connectivity index (χ3n) is 4.97. The van der Waals surface area contributed by atoms with Crippen LogP contribution in [-0.2, 0) is 9.59 Å². The van der Waals surface area contributed by atoms with Crippen LogP contribution in [0, 0.1) is 0 Å². The van der Waals surface area contributed by atoms with Crippen molar-refractivity contribution in [2.24, 2.45) is 0 Å². The molecule has 0 fully saturated rings. The molecule has 2 unspecified atom stereocenters. The van der Waals surface area contributed by atoms with Gasteiger partial charge in [-0.05, 0) is 24.3 Å². The maximum Gasteiger partial charge on any atom is 0.315 e. The maximum atomic E-state index is 12.0. The average Bonchev–Trinajstić information content (AvgIpc) is 2.68. The molecule has 10 nitrogen and oxygen atoms in total. The van der Waals surface area contributed by atoms with E-state index >= 15 is 0 Å². The number of aliphatic carboxylic acids is 2. The van der Waals surface area contributed by atoms with Gasteiger partial charge in [0.15, 0.2) is 0 Å². The van der Waals surface area contributed by atoms with Gasteiger partial charge in [-0.2, -0.15) is 0 Å². The summed E-state index contributed by atoms with van der Waals surface area (Å²) in [6, 6.07) is 8.26. The minimum Gasteiger partial charge on any atom is -0.508 e. The third kappa shape index (κ3) is 3.88. The molecule has 10 heteroatoms. The first-order chi connectivity index (χ1) is 15.0. The van der Waals surface area contributed by atoms with Gasteiger partial charge in [0.25, 0.3) is 0 Å². The molecule has 8 N–H and O–H groups in total. The van der Waals surface area contributed by atoms with Crippen molar-refractivity contribution in [2.75, 3.05) is 0 Å². The fourth-order valence-electron chi connectivity index (χ4n) is 3.53. The van der Waals surface area contributed by atoms with Gasteiger partial charge in [-0.1, -0.05) is 12.1 Å². The molecule has 0 saturated heterocycles. The zero-order chi connectivity index (χ0) is 23.7. The lowest BCUT2D eigenvalue weighted by molar-refractivity contribution is -0.138. The number of carbonyl (C=O) groups is 2. The number of benzene rings is 3. The molecular formula is C22H18O10. The molecule has 0 heterocycles. The average molecular weight is 442 g/mol. The van der Waals surface area contributed by atoms with Gasteiger partial charge in [0, 0.05) is 28.8 Å². The van der Waals surface area contributed by atoms with Gasteiger partial charge in [-0.25, -0.2) is 0 Å². The Morgan fingerprint density at radius 1 is 0.562 bits per heavy atom. The molecule has 2 atom stereocenters. The Bertz CT molecular complexity index is 1200. The summed E-state index contributed by atoms with van der Waals surface area (Å²) in [5, 5.41) is 80.1. The van der Waals surface area contributed by atoms with Crippen molar-refractivity contribution < 1.29 is 50.4 Å². The summed E-state index contributed by atoms with van der Waals surface area (Å²) in [7, 11) is 0. The quantitative estimate of drug-likeness (QED) is 0.280. The summed E-state index contributed by atoms with van der Waals surface area (Å²) in [4.78, 5) is 24.1. The molecule has 32 heavy (non-hydrogen) atoms. The topological polar surface area (TPSA) is 196 Å². The molecule has 0 saturated carbocycles. The van der Waals surface area contributed by atoms with Crippen molar-refractivity contribution >= 4 is 11.9 Å². The Kier molecular flexibility index (Phi) is 5.71. The normalized spacial score (nSPS) is 12.8. The van der Waals surface area contributed by atoms with Crippen molar-refractivity contribution in [3.8, 4) is 34.5 Å². The van der Waals surface area contributed by atoms with Gasteiger partial charge in [0.2, 0.25) is 0 Å². The summed E-state index contributed by atoms with van der Waals surface area (Å²) in [5.41, 5.74) is -1.48. The van der Waals surface area contributed by atoms with Crippen LogP contribution in [0.3, 0.4) is 0 Å². The summed E-state index contributed by atoms with van der Waals surface area (Å²) < 4.78 is 0. The highest BCUT2D eigenvalue weighted by Crippen LogP contribution is 2.45. The molecule has 3 aromatic rings. The van der Waals surface area contributed by atoms with Gasteiger partial charge in [-0.15, -0.1) is 0 Å². The van der Waals surface area contributed by atoms with E-state index in [9.17, 15) is 50.4 Å². The number of carboxylic acids is 2. The monoisotopic (exact) mass is 442 g/mol. The second kappa shape index (κ2) is 8.26. The summed E-state index contributed by atoms with van der Waals surface area (Å²) in [6.07, 6.45) is 0. The Morgan fingerprint density at radius 2 is 1.06 bits per heavy atom. The van der Waals surface area contributed by atoms with E-state index in [4.69, 9.17) is 0 Å². The number of phenolic OH excluding ortho intramolecular Hbond substituents is 6. The SMILES string of the molecule is O=C(O)C(c1ccc(O)cc1O)c1cc(C(C(=O)O)c2c(O)cccc2O)c(O)cc1O. The van der Waals surface area contributed by atoms with E-state index in [0.29, 0.717) is 0 Å². The molecule has 0 aliphatic carbocycles. The molecule has 0 bridgehead atoms. The minimum absolute atomic E-state index is 0.223. The number of hydrogen-bond donors (Lipinski definition) is 8. The first kappa shape index (κ1) is 22.1.